The summed E-state index contributed by atoms with van der Waals surface area (Å²) in [5.41, 5.74) is 12.3. The van der Waals surface area contributed by atoms with Crippen LogP contribution in [-0.2, 0) is 0 Å². The zero-order chi connectivity index (χ0) is 31.3. The van der Waals surface area contributed by atoms with Crippen molar-refractivity contribution < 1.29 is 0 Å². The van der Waals surface area contributed by atoms with Gasteiger partial charge in [-0.25, -0.2) is 4.98 Å². The molecule has 10 aromatic rings. The molecule has 0 bridgehead atoms. The molecule has 0 fully saturated rings. The van der Waals surface area contributed by atoms with E-state index in [-0.39, 0.29) is 0 Å². The van der Waals surface area contributed by atoms with E-state index < -0.39 is 0 Å². The minimum atomic E-state index is 0.573. The minimum absolute atomic E-state index is 0.573. The van der Waals surface area contributed by atoms with Crippen molar-refractivity contribution in [3.05, 3.63) is 152 Å². The number of fused-ring (bicyclic) bond motifs is 6. The predicted octanol–water partition coefficient (Wildman–Crippen LogP) is 10.5. The molecule has 7 aromatic carbocycles. The summed E-state index contributed by atoms with van der Waals surface area (Å²) >= 11 is 0. The summed E-state index contributed by atoms with van der Waals surface area (Å²) in [6.45, 7) is 0. The molecule has 0 amide bonds. The average Bonchev–Trinajstić information content (AvgIpc) is 3.71. The Labute approximate surface area is 275 Å². The Kier molecular flexibility index (Phi) is 5.05. The monoisotopic (exact) mass is 611 g/mol. The molecule has 48 heavy (non-hydrogen) atoms. The molecule has 0 unspecified atom stereocenters. The molecule has 0 N–H and O–H groups in total. The van der Waals surface area contributed by atoms with Crippen molar-refractivity contribution in [3.8, 4) is 50.6 Å². The lowest BCUT2D eigenvalue weighted by Gasteiger charge is -2.15. The lowest BCUT2D eigenvalue weighted by molar-refractivity contribution is 0.987. The topological polar surface area (TPSA) is 48.0 Å². The molecule has 5 nitrogen and oxygen atoms in total. The highest BCUT2D eigenvalue weighted by Crippen LogP contribution is 2.49. The van der Waals surface area contributed by atoms with E-state index in [1.54, 1.807) is 0 Å². The predicted molar refractivity (Wildman–Crippen MR) is 195 cm³/mol. The van der Waals surface area contributed by atoms with Gasteiger partial charge in [-0.2, -0.15) is 9.50 Å². The van der Waals surface area contributed by atoms with Gasteiger partial charge in [0.15, 0.2) is 5.82 Å². The molecule has 0 saturated heterocycles. The summed E-state index contributed by atoms with van der Waals surface area (Å²) in [5, 5.41) is 11.3. The lowest BCUT2D eigenvalue weighted by Crippen LogP contribution is -1.99. The van der Waals surface area contributed by atoms with Crippen molar-refractivity contribution in [2.45, 2.75) is 0 Å². The van der Waals surface area contributed by atoms with Gasteiger partial charge in [0.1, 0.15) is 0 Å². The molecule has 5 heteroatoms. The number of para-hydroxylation sites is 2. The first-order valence-electron chi connectivity index (χ1n) is 16.2. The summed E-state index contributed by atoms with van der Waals surface area (Å²) < 4.78 is 4.28. The van der Waals surface area contributed by atoms with Gasteiger partial charge in [-0.3, -0.25) is 0 Å². The van der Waals surface area contributed by atoms with Gasteiger partial charge in [0.05, 0.1) is 27.9 Å². The van der Waals surface area contributed by atoms with Crippen LogP contribution in [0.1, 0.15) is 0 Å². The van der Waals surface area contributed by atoms with Crippen LogP contribution in [0.5, 0.6) is 0 Å². The van der Waals surface area contributed by atoms with Crippen LogP contribution >= 0.6 is 0 Å². The second kappa shape index (κ2) is 9.47. The number of aromatic nitrogens is 5. The second-order valence-corrected chi connectivity index (χ2v) is 12.5. The molecule has 3 heterocycles. The molecular weight excluding hydrogens is 587 g/mol. The third kappa shape index (κ3) is 3.37. The maximum Gasteiger partial charge on any atom is 0.253 e. The summed E-state index contributed by atoms with van der Waals surface area (Å²) in [5.74, 6) is 1.21. The first kappa shape index (κ1) is 25.6. The minimum Gasteiger partial charge on any atom is -0.308 e. The third-order valence-electron chi connectivity index (χ3n) is 9.93. The van der Waals surface area contributed by atoms with Crippen LogP contribution in [-0.4, -0.2) is 24.1 Å². The molecule has 222 valence electrons. The SMILES string of the molecule is c1ccc(-c2nc3nc(-c4ccccc4-n4c5cccc6c5c5c7c(cccc7ccc54)-c4ccccc4-6)nn3c3ccccc23)cc1. The maximum atomic E-state index is 5.13. The number of benzene rings is 7. The summed E-state index contributed by atoms with van der Waals surface area (Å²) in [4.78, 5) is 10.2. The molecule has 1 aliphatic carbocycles. The summed E-state index contributed by atoms with van der Waals surface area (Å²) in [6, 6.07) is 53.8. The fourth-order valence-corrected chi connectivity index (χ4v) is 7.93. The van der Waals surface area contributed by atoms with E-state index >= 15 is 0 Å². The van der Waals surface area contributed by atoms with Crippen LogP contribution in [0.4, 0.5) is 0 Å². The highest BCUT2D eigenvalue weighted by molar-refractivity contribution is 6.30. The first-order valence-corrected chi connectivity index (χ1v) is 16.2. The van der Waals surface area contributed by atoms with Gasteiger partial charge in [-0.15, -0.1) is 5.10 Å². The Bertz CT molecular complexity index is 2950. The maximum absolute atomic E-state index is 5.13. The molecule has 0 aliphatic heterocycles. The van der Waals surface area contributed by atoms with Gasteiger partial charge in [-0.05, 0) is 63.4 Å². The summed E-state index contributed by atoms with van der Waals surface area (Å²) in [7, 11) is 0. The molecular formula is C43H25N5. The van der Waals surface area contributed by atoms with Crippen molar-refractivity contribution in [2.75, 3.05) is 0 Å². The van der Waals surface area contributed by atoms with Gasteiger partial charge in [0.2, 0.25) is 0 Å². The Morgan fingerprint density at radius 2 is 1.06 bits per heavy atom. The molecule has 0 radical (unpaired) electrons. The Morgan fingerprint density at radius 3 is 1.92 bits per heavy atom. The summed E-state index contributed by atoms with van der Waals surface area (Å²) in [6.07, 6.45) is 0. The van der Waals surface area contributed by atoms with E-state index in [0.717, 1.165) is 44.4 Å². The largest absolute Gasteiger partial charge is 0.308 e. The van der Waals surface area contributed by atoms with Gasteiger partial charge in [-0.1, -0.05) is 121 Å². The van der Waals surface area contributed by atoms with Gasteiger partial charge in [0, 0.05) is 27.3 Å². The third-order valence-corrected chi connectivity index (χ3v) is 9.93. The molecule has 0 atom stereocenters. The van der Waals surface area contributed by atoms with Crippen LogP contribution in [0.3, 0.4) is 0 Å². The van der Waals surface area contributed by atoms with Gasteiger partial charge >= 0.3 is 0 Å². The fourth-order valence-electron chi connectivity index (χ4n) is 7.93. The zero-order valence-corrected chi connectivity index (χ0v) is 25.7. The number of hydrogen-bond acceptors (Lipinski definition) is 3. The normalized spacial score (nSPS) is 12.2. The van der Waals surface area contributed by atoms with Gasteiger partial charge < -0.3 is 4.57 Å². The highest BCUT2D eigenvalue weighted by Gasteiger charge is 2.26. The van der Waals surface area contributed by atoms with Crippen molar-refractivity contribution in [3.63, 3.8) is 0 Å². The highest BCUT2D eigenvalue weighted by atomic mass is 15.3. The van der Waals surface area contributed by atoms with Crippen molar-refractivity contribution in [1.29, 1.82) is 0 Å². The quantitative estimate of drug-likeness (QED) is 0.200. The standard InChI is InChI=1S/C43H25N5/c1-2-12-27(13-3-1)41-32-17-6-9-22-35(32)48-43(44-41)45-42(46-48)33-18-7-8-21-34(33)47-36-23-11-20-31-29-16-5-4-15-28(29)30-19-10-14-26-24-25-37(47)40(38(26)30)39(31)36/h1-25H. The second-order valence-electron chi connectivity index (χ2n) is 12.5. The number of hydrogen-bond donors (Lipinski definition) is 0. The number of nitrogens with zero attached hydrogens (tertiary/aromatic N) is 5. The van der Waals surface area contributed by atoms with E-state index in [0.29, 0.717) is 11.6 Å². The van der Waals surface area contributed by atoms with Gasteiger partial charge in [0.25, 0.3) is 5.78 Å². The number of rotatable bonds is 3. The molecule has 0 saturated carbocycles. The molecule has 11 rings (SSSR count). The van der Waals surface area contributed by atoms with Crippen LogP contribution in [0.2, 0.25) is 0 Å². The first-order chi connectivity index (χ1) is 23.8. The Hall–Kier alpha value is -6.59. The van der Waals surface area contributed by atoms with E-state index in [9.17, 15) is 0 Å². The van der Waals surface area contributed by atoms with Crippen LogP contribution in [0.25, 0.3) is 99.8 Å². The zero-order valence-electron chi connectivity index (χ0n) is 25.7. The fraction of sp³-hybridized carbons (Fsp3) is 0. The van der Waals surface area contributed by atoms with E-state index in [2.05, 4.69) is 126 Å². The van der Waals surface area contributed by atoms with Crippen molar-refractivity contribution in [1.82, 2.24) is 24.1 Å². The van der Waals surface area contributed by atoms with Crippen LogP contribution in [0.15, 0.2) is 152 Å². The van der Waals surface area contributed by atoms with Crippen LogP contribution in [0, 0.1) is 0 Å². The molecule has 1 aliphatic rings. The van der Waals surface area contributed by atoms with E-state index in [1.807, 2.05) is 34.8 Å². The average molecular weight is 612 g/mol. The van der Waals surface area contributed by atoms with E-state index in [1.165, 1.54) is 43.8 Å². The van der Waals surface area contributed by atoms with Crippen molar-refractivity contribution in [2.24, 2.45) is 0 Å². The van der Waals surface area contributed by atoms with Crippen LogP contribution < -0.4 is 0 Å². The lowest BCUT2D eigenvalue weighted by atomic mass is 9.93. The molecule has 3 aromatic heterocycles. The molecule has 0 spiro atoms. The van der Waals surface area contributed by atoms with E-state index in [4.69, 9.17) is 15.1 Å². The van der Waals surface area contributed by atoms with Crippen molar-refractivity contribution >= 4 is 49.3 Å². The smallest absolute Gasteiger partial charge is 0.253 e. The Balaban J connectivity index is 1.22. The Morgan fingerprint density at radius 1 is 0.417 bits per heavy atom.